The van der Waals surface area contributed by atoms with E-state index in [1.165, 1.54) is 31.4 Å². The summed E-state index contributed by atoms with van der Waals surface area (Å²) in [6, 6.07) is 14.2. The van der Waals surface area contributed by atoms with Crippen LogP contribution in [0.3, 0.4) is 0 Å². The number of nitrogens with one attached hydrogen (secondary N) is 1. The molecule has 4 aromatic rings. The van der Waals surface area contributed by atoms with E-state index < -0.39 is 15.9 Å². The summed E-state index contributed by atoms with van der Waals surface area (Å²) in [5.74, 6) is -0.449. The van der Waals surface area contributed by atoms with Crippen LogP contribution in [0.2, 0.25) is 5.02 Å². The summed E-state index contributed by atoms with van der Waals surface area (Å²) in [5, 5.41) is 8.33. The van der Waals surface area contributed by atoms with Crippen LogP contribution in [0.25, 0.3) is 11.0 Å². The molecule has 0 spiro atoms. The van der Waals surface area contributed by atoms with Crippen molar-refractivity contribution in [1.29, 1.82) is 0 Å². The SMILES string of the molecule is Cc1nn(C)c2ncc(NC(=O)c3cccc(S(=O)(=O)N(C)c4cccc(Cl)c4)c3)cc12. The molecule has 2 heterocycles. The zero-order chi connectivity index (χ0) is 23.0. The van der Waals surface area contributed by atoms with Gasteiger partial charge in [-0.05, 0) is 49.4 Å². The van der Waals surface area contributed by atoms with Crippen molar-refractivity contribution in [3.63, 3.8) is 0 Å². The molecular weight excluding hydrogens is 450 g/mol. The van der Waals surface area contributed by atoms with Crippen molar-refractivity contribution in [2.75, 3.05) is 16.7 Å². The molecule has 0 aliphatic carbocycles. The fourth-order valence-electron chi connectivity index (χ4n) is 3.35. The molecule has 0 aliphatic rings. The van der Waals surface area contributed by atoms with Crippen molar-refractivity contribution in [1.82, 2.24) is 14.8 Å². The van der Waals surface area contributed by atoms with Gasteiger partial charge in [-0.3, -0.25) is 13.8 Å². The van der Waals surface area contributed by atoms with Gasteiger partial charge in [-0.25, -0.2) is 13.4 Å². The molecule has 0 saturated carbocycles. The number of aromatic nitrogens is 3. The predicted octanol–water partition coefficient (Wildman–Crippen LogP) is 4.01. The highest BCUT2D eigenvalue weighted by Crippen LogP contribution is 2.25. The van der Waals surface area contributed by atoms with E-state index in [1.807, 2.05) is 6.92 Å². The number of carbonyl (C=O) groups excluding carboxylic acids is 1. The second kappa shape index (κ2) is 8.25. The molecule has 164 valence electrons. The van der Waals surface area contributed by atoms with Crippen molar-refractivity contribution in [2.24, 2.45) is 7.05 Å². The van der Waals surface area contributed by atoms with Gasteiger partial charge in [-0.1, -0.05) is 23.7 Å². The molecule has 0 aliphatic heterocycles. The Morgan fingerprint density at radius 1 is 1.12 bits per heavy atom. The highest BCUT2D eigenvalue weighted by atomic mass is 35.5. The molecule has 32 heavy (non-hydrogen) atoms. The number of sulfonamides is 1. The highest BCUT2D eigenvalue weighted by molar-refractivity contribution is 7.92. The molecule has 8 nitrogen and oxygen atoms in total. The molecule has 0 bridgehead atoms. The quantitative estimate of drug-likeness (QED) is 0.476. The average Bonchev–Trinajstić information content (AvgIpc) is 3.06. The van der Waals surface area contributed by atoms with Crippen molar-refractivity contribution in [2.45, 2.75) is 11.8 Å². The van der Waals surface area contributed by atoms with Gasteiger partial charge in [-0.2, -0.15) is 5.10 Å². The van der Waals surface area contributed by atoms with Crippen molar-refractivity contribution in [3.05, 3.63) is 77.1 Å². The number of fused-ring (bicyclic) bond motifs is 1. The van der Waals surface area contributed by atoms with Gasteiger partial charge in [0.15, 0.2) is 5.65 Å². The van der Waals surface area contributed by atoms with Crippen molar-refractivity contribution >= 4 is 49.9 Å². The van der Waals surface area contributed by atoms with Crippen LogP contribution >= 0.6 is 11.6 Å². The number of hydrogen-bond acceptors (Lipinski definition) is 5. The molecule has 0 saturated heterocycles. The van der Waals surface area contributed by atoms with E-state index in [0.717, 1.165) is 15.4 Å². The van der Waals surface area contributed by atoms with Crippen LogP contribution in [0.15, 0.2) is 65.7 Å². The number of benzene rings is 2. The third-order valence-electron chi connectivity index (χ3n) is 5.05. The van der Waals surface area contributed by atoms with Crippen molar-refractivity contribution < 1.29 is 13.2 Å². The predicted molar refractivity (Wildman–Crippen MR) is 125 cm³/mol. The molecule has 2 aromatic carbocycles. The first-order valence-corrected chi connectivity index (χ1v) is 11.4. The van der Waals surface area contributed by atoms with Gasteiger partial charge < -0.3 is 5.32 Å². The summed E-state index contributed by atoms with van der Waals surface area (Å²) in [6.45, 7) is 1.86. The lowest BCUT2D eigenvalue weighted by Crippen LogP contribution is -2.26. The second-order valence-corrected chi connectivity index (χ2v) is 9.64. The Labute approximate surface area is 190 Å². The number of anilines is 2. The van der Waals surface area contributed by atoms with Gasteiger partial charge in [0.05, 0.1) is 28.2 Å². The summed E-state index contributed by atoms with van der Waals surface area (Å²) in [7, 11) is -0.664. The van der Waals surface area contributed by atoms with Crippen LogP contribution in [-0.2, 0) is 17.1 Å². The zero-order valence-electron chi connectivity index (χ0n) is 17.6. The molecule has 0 unspecified atom stereocenters. The summed E-state index contributed by atoms with van der Waals surface area (Å²) in [5.41, 5.74) is 2.61. The maximum absolute atomic E-state index is 13.1. The van der Waals surface area contributed by atoms with Gasteiger partial charge in [0, 0.05) is 30.1 Å². The summed E-state index contributed by atoms with van der Waals surface area (Å²) in [4.78, 5) is 17.1. The van der Waals surface area contributed by atoms with Crippen LogP contribution in [0.4, 0.5) is 11.4 Å². The molecule has 2 aromatic heterocycles. The van der Waals surface area contributed by atoms with Crippen LogP contribution in [0.5, 0.6) is 0 Å². The van der Waals surface area contributed by atoms with E-state index in [-0.39, 0.29) is 10.5 Å². The van der Waals surface area contributed by atoms with Gasteiger partial charge in [0.1, 0.15) is 0 Å². The average molecular weight is 470 g/mol. The number of amides is 1. The van der Waals surface area contributed by atoms with E-state index in [0.29, 0.717) is 22.0 Å². The number of pyridine rings is 1. The van der Waals surface area contributed by atoms with E-state index in [9.17, 15) is 13.2 Å². The van der Waals surface area contributed by atoms with Crippen LogP contribution in [-0.4, -0.2) is 36.1 Å². The fraction of sp³-hybridized carbons (Fsp3) is 0.136. The molecule has 1 N–H and O–H groups in total. The lowest BCUT2D eigenvalue weighted by molar-refractivity contribution is 0.102. The number of aryl methyl sites for hydroxylation is 2. The lowest BCUT2D eigenvalue weighted by atomic mass is 10.2. The van der Waals surface area contributed by atoms with E-state index in [1.54, 1.807) is 48.1 Å². The molecule has 1 amide bonds. The van der Waals surface area contributed by atoms with Gasteiger partial charge in [0.25, 0.3) is 15.9 Å². The second-order valence-electron chi connectivity index (χ2n) is 7.24. The Morgan fingerprint density at radius 3 is 2.62 bits per heavy atom. The maximum atomic E-state index is 13.1. The number of carbonyl (C=O) groups is 1. The fourth-order valence-corrected chi connectivity index (χ4v) is 4.76. The number of hydrogen-bond donors (Lipinski definition) is 1. The normalized spacial score (nSPS) is 11.5. The first-order chi connectivity index (χ1) is 15.2. The van der Waals surface area contributed by atoms with Crippen LogP contribution < -0.4 is 9.62 Å². The minimum absolute atomic E-state index is 0.00990. The Balaban J connectivity index is 1.61. The Morgan fingerprint density at radius 2 is 1.88 bits per heavy atom. The molecule has 0 atom stereocenters. The maximum Gasteiger partial charge on any atom is 0.264 e. The van der Waals surface area contributed by atoms with Crippen molar-refractivity contribution in [3.8, 4) is 0 Å². The first-order valence-electron chi connectivity index (χ1n) is 9.62. The number of nitrogens with zero attached hydrogens (tertiary/aromatic N) is 4. The topological polar surface area (TPSA) is 97.2 Å². The third-order valence-corrected chi connectivity index (χ3v) is 7.06. The summed E-state index contributed by atoms with van der Waals surface area (Å²) in [6.07, 6.45) is 1.54. The molecule has 0 fully saturated rings. The van der Waals surface area contributed by atoms with E-state index >= 15 is 0 Å². The largest absolute Gasteiger partial charge is 0.321 e. The molecule has 4 rings (SSSR count). The Kier molecular flexibility index (Phi) is 5.62. The first kappa shape index (κ1) is 21.8. The highest BCUT2D eigenvalue weighted by Gasteiger charge is 2.23. The van der Waals surface area contributed by atoms with Gasteiger partial charge in [0.2, 0.25) is 0 Å². The van der Waals surface area contributed by atoms with E-state index in [2.05, 4.69) is 15.4 Å². The Bertz CT molecular complexity index is 1450. The molecule has 0 radical (unpaired) electrons. The monoisotopic (exact) mass is 469 g/mol. The van der Waals surface area contributed by atoms with Gasteiger partial charge in [-0.15, -0.1) is 0 Å². The number of halogens is 1. The van der Waals surface area contributed by atoms with Crippen LogP contribution in [0, 0.1) is 6.92 Å². The molecule has 10 heteroatoms. The zero-order valence-corrected chi connectivity index (χ0v) is 19.1. The minimum atomic E-state index is -3.90. The van der Waals surface area contributed by atoms with E-state index in [4.69, 9.17) is 11.6 Å². The minimum Gasteiger partial charge on any atom is -0.321 e. The Hall–Kier alpha value is -3.43. The smallest absolute Gasteiger partial charge is 0.264 e. The molecular formula is C22H20ClN5O3S. The number of rotatable bonds is 5. The lowest BCUT2D eigenvalue weighted by Gasteiger charge is -2.20. The summed E-state index contributed by atoms with van der Waals surface area (Å²) >= 11 is 5.99. The standard InChI is InChI=1S/C22H20ClN5O3S/c1-14-20-12-17(13-24-21(20)27(2)26-14)25-22(29)15-6-4-9-19(10-15)32(30,31)28(3)18-8-5-7-16(23)11-18/h4-13H,1-3H3,(H,25,29). The third kappa shape index (κ3) is 4.04. The van der Waals surface area contributed by atoms with Crippen LogP contribution in [0.1, 0.15) is 16.1 Å². The van der Waals surface area contributed by atoms with Gasteiger partial charge >= 0.3 is 0 Å². The summed E-state index contributed by atoms with van der Waals surface area (Å²) < 4.78 is 29.0.